The van der Waals surface area contributed by atoms with Crippen LogP contribution >= 0.6 is 0 Å². The fourth-order valence-corrected chi connectivity index (χ4v) is 2.06. The Hall–Kier alpha value is -1.58. The van der Waals surface area contributed by atoms with Crippen molar-refractivity contribution in [2.24, 2.45) is 0 Å². The average molecular weight is 224 g/mol. The smallest absolute Gasteiger partial charge is 0.304 e. The number of carbonyl (C=O) groups is 1. The summed E-state index contributed by atoms with van der Waals surface area (Å²) in [5.74, 6) is -1.52. The molecule has 0 bridgehead atoms. The van der Waals surface area contributed by atoms with Crippen LogP contribution in [-0.2, 0) is 10.2 Å². The number of aromatic hydroxyl groups is 1. The van der Waals surface area contributed by atoms with Gasteiger partial charge < -0.3 is 10.2 Å². The quantitative estimate of drug-likeness (QED) is 0.828. The lowest BCUT2D eigenvalue weighted by molar-refractivity contribution is -0.137. The van der Waals surface area contributed by atoms with Crippen LogP contribution in [0.15, 0.2) is 12.1 Å². The number of hydrogen-bond acceptors (Lipinski definition) is 2. The largest absolute Gasteiger partial charge is 0.508 e. The van der Waals surface area contributed by atoms with E-state index in [4.69, 9.17) is 5.11 Å². The van der Waals surface area contributed by atoms with E-state index in [0.29, 0.717) is 24.0 Å². The zero-order valence-corrected chi connectivity index (χ0v) is 8.96. The summed E-state index contributed by atoms with van der Waals surface area (Å²) in [7, 11) is 0. The van der Waals surface area contributed by atoms with Gasteiger partial charge in [-0.25, -0.2) is 4.39 Å². The summed E-state index contributed by atoms with van der Waals surface area (Å²) >= 11 is 0. The van der Waals surface area contributed by atoms with Crippen molar-refractivity contribution >= 4 is 5.97 Å². The lowest BCUT2D eigenvalue weighted by Gasteiger charge is -2.15. The third-order valence-electron chi connectivity index (χ3n) is 3.20. The fraction of sp³-hybridized carbons (Fsp3) is 0.417. The summed E-state index contributed by atoms with van der Waals surface area (Å²) in [6.07, 6.45) is 1.34. The first kappa shape index (κ1) is 10.9. The molecule has 0 amide bonds. The van der Waals surface area contributed by atoms with Crippen LogP contribution in [-0.4, -0.2) is 16.2 Å². The Kier molecular flexibility index (Phi) is 2.37. The molecule has 1 saturated carbocycles. The zero-order chi connectivity index (χ0) is 11.9. The first-order valence-corrected chi connectivity index (χ1v) is 5.16. The Bertz CT molecular complexity index is 450. The molecule has 0 aliphatic heterocycles. The lowest BCUT2D eigenvalue weighted by atomic mass is 9.90. The molecular formula is C12H13FO3. The summed E-state index contributed by atoms with van der Waals surface area (Å²) in [6.45, 7) is 1.68. The summed E-state index contributed by atoms with van der Waals surface area (Å²) < 4.78 is 13.7. The van der Waals surface area contributed by atoms with Gasteiger partial charge in [0.05, 0.1) is 6.42 Å². The van der Waals surface area contributed by atoms with E-state index in [1.165, 1.54) is 0 Å². The number of aliphatic carboxylic acids is 1. The first-order chi connectivity index (χ1) is 7.44. The van der Waals surface area contributed by atoms with E-state index in [9.17, 15) is 14.3 Å². The van der Waals surface area contributed by atoms with Gasteiger partial charge in [-0.15, -0.1) is 0 Å². The number of benzene rings is 1. The van der Waals surface area contributed by atoms with Crippen molar-refractivity contribution in [2.75, 3.05) is 0 Å². The molecular weight excluding hydrogens is 211 g/mol. The van der Waals surface area contributed by atoms with Crippen LogP contribution in [0.4, 0.5) is 4.39 Å². The number of phenols is 1. The predicted octanol–water partition coefficient (Wildman–Crippen LogP) is 2.35. The number of aryl methyl sites for hydroxylation is 1. The van der Waals surface area contributed by atoms with E-state index in [1.54, 1.807) is 13.0 Å². The van der Waals surface area contributed by atoms with Crippen molar-refractivity contribution in [1.82, 2.24) is 0 Å². The number of halogens is 1. The average Bonchev–Trinajstić information content (AvgIpc) is 2.91. The molecule has 86 valence electrons. The molecule has 1 aliphatic carbocycles. The van der Waals surface area contributed by atoms with Crippen molar-refractivity contribution in [3.8, 4) is 5.75 Å². The van der Waals surface area contributed by atoms with Gasteiger partial charge in [-0.2, -0.15) is 0 Å². The predicted molar refractivity (Wildman–Crippen MR) is 56.0 cm³/mol. The second kappa shape index (κ2) is 3.47. The van der Waals surface area contributed by atoms with E-state index in [-0.39, 0.29) is 12.2 Å². The Morgan fingerprint density at radius 2 is 2.12 bits per heavy atom. The minimum absolute atomic E-state index is 0.0475. The van der Waals surface area contributed by atoms with Gasteiger partial charge in [0.2, 0.25) is 0 Å². The topological polar surface area (TPSA) is 57.5 Å². The van der Waals surface area contributed by atoms with E-state index in [1.807, 2.05) is 0 Å². The van der Waals surface area contributed by atoms with Crippen LogP contribution < -0.4 is 0 Å². The first-order valence-electron chi connectivity index (χ1n) is 5.16. The van der Waals surface area contributed by atoms with E-state index in [2.05, 4.69) is 0 Å². The van der Waals surface area contributed by atoms with E-state index >= 15 is 0 Å². The molecule has 2 N–H and O–H groups in total. The Labute approximate surface area is 92.5 Å². The van der Waals surface area contributed by atoms with Crippen LogP contribution in [0, 0.1) is 12.7 Å². The Balaban J connectivity index is 2.41. The second-order valence-corrected chi connectivity index (χ2v) is 4.47. The molecule has 1 aromatic rings. The van der Waals surface area contributed by atoms with Crippen molar-refractivity contribution in [3.05, 3.63) is 29.1 Å². The van der Waals surface area contributed by atoms with Crippen LogP contribution in [0.2, 0.25) is 0 Å². The van der Waals surface area contributed by atoms with Gasteiger partial charge >= 0.3 is 5.97 Å². The summed E-state index contributed by atoms with van der Waals surface area (Å²) in [6, 6.07) is 2.62. The van der Waals surface area contributed by atoms with Crippen molar-refractivity contribution in [1.29, 1.82) is 0 Å². The molecule has 4 heteroatoms. The number of phenolic OH excluding ortho intramolecular Hbond substituents is 1. The highest BCUT2D eigenvalue weighted by molar-refractivity contribution is 5.70. The minimum atomic E-state index is -0.914. The molecule has 0 unspecified atom stereocenters. The summed E-state index contributed by atoms with van der Waals surface area (Å²) in [4.78, 5) is 10.7. The molecule has 0 spiro atoms. The molecule has 1 aliphatic rings. The molecule has 0 radical (unpaired) electrons. The number of hydrogen-bond donors (Lipinski definition) is 2. The molecule has 0 aromatic heterocycles. The van der Waals surface area contributed by atoms with Gasteiger partial charge in [0.25, 0.3) is 0 Å². The fourth-order valence-electron chi connectivity index (χ4n) is 2.06. The van der Waals surface area contributed by atoms with Crippen LogP contribution in [0.25, 0.3) is 0 Å². The second-order valence-electron chi connectivity index (χ2n) is 4.47. The van der Waals surface area contributed by atoms with Crippen LogP contribution in [0.1, 0.15) is 30.4 Å². The normalized spacial score (nSPS) is 17.1. The highest BCUT2D eigenvalue weighted by Gasteiger charge is 2.47. The third kappa shape index (κ3) is 1.75. The maximum atomic E-state index is 13.7. The van der Waals surface area contributed by atoms with Crippen LogP contribution in [0.5, 0.6) is 5.75 Å². The van der Waals surface area contributed by atoms with Crippen molar-refractivity contribution in [2.45, 2.75) is 31.6 Å². The van der Waals surface area contributed by atoms with Gasteiger partial charge in [0.1, 0.15) is 11.6 Å². The maximum absolute atomic E-state index is 13.7. The highest BCUT2D eigenvalue weighted by Crippen LogP contribution is 2.52. The number of carboxylic acid groups (broad SMARTS) is 1. The monoisotopic (exact) mass is 224 g/mol. The van der Waals surface area contributed by atoms with Gasteiger partial charge in [0, 0.05) is 11.5 Å². The van der Waals surface area contributed by atoms with Gasteiger partial charge in [0.15, 0.2) is 0 Å². The van der Waals surface area contributed by atoms with Gasteiger partial charge in [-0.3, -0.25) is 4.79 Å². The zero-order valence-electron chi connectivity index (χ0n) is 8.96. The van der Waals surface area contributed by atoms with E-state index in [0.717, 1.165) is 6.07 Å². The maximum Gasteiger partial charge on any atom is 0.304 e. The van der Waals surface area contributed by atoms with Gasteiger partial charge in [-0.05, 0) is 37.0 Å². The van der Waals surface area contributed by atoms with Gasteiger partial charge in [-0.1, -0.05) is 0 Å². The van der Waals surface area contributed by atoms with Crippen molar-refractivity contribution < 1.29 is 19.4 Å². The van der Waals surface area contributed by atoms with Crippen LogP contribution in [0.3, 0.4) is 0 Å². The molecule has 1 fully saturated rings. The molecule has 3 nitrogen and oxygen atoms in total. The number of rotatable bonds is 3. The minimum Gasteiger partial charge on any atom is -0.508 e. The molecule has 16 heavy (non-hydrogen) atoms. The SMILES string of the molecule is Cc1cc(C2(CC(=O)O)CC2)c(F)cc1O. The Morgan fingerprint density at radius 3 is 2.62 bits per heavy atom. The summed E-state index contributed by atoms with van der Waals surface area (Å²) in [5, 5.41) is 18.1. The third-order valence-corrected chi connectivity index (χ3v) is 3.20. The van der Waals surface area contributed by atoms with E-state index < -0.39 is 17.2 Å². The Morgan fingerprint density at radius 1 is 1.50 bits per heavy atom. The number of carboxylic acids is 1. The molecule has 0 heterocycles. The highest BCUT2D eigenvalue weighted by atomic mass is 19.1. The lowest BCUT2D eigenvalue weighted by Crippen LogP contribution is -2.14. The van der Waals surface area contributed by atoms with Crippen molar-refractivity contribution in [3.63, 3.8) is 0 Å². The standard InChI is InChI=1S/C12H13FO3/c1-7-4-8(9(13)5-10(7)14)12(2-3-12)6-11(15)16/h4-5,14H,2-3,6H2,1H3,(H,15,16). The molecule has 2 rings (SSSR count). The summed E-state index contributed by atoms with van der Waals surface area (Å²) in [5.41, 5.74) is 0.451. The molecule has 0 atom stereocenters. The molecule has 1 aromatic carbocycles. The molecule has 0 saturated heterocycles.